The Kier molecular flexibility index (Phi) is 2.25. The monoisotopic (exact) mass is 214 g/mol. The van der Waals surface area contributed by atoms with Crippen LogP contribution in [0.1, 0.15) is 24.9 Å². The summed E-state index contributed by atoms with van der Waals surface area (Å²) in [6.07, 6.45) is 3.57. The van der Waals surface area contributed by atoms with Crippen LogP contribution >= 0.6 is 0 Å². The van der Waals surface area contributed by atoms with Crippen LogP contribution in [0.2, 0.25) is 0 Å². The molecule has 0 amide bonds. The van der Waals surface area contributed by atoms with Crippen LogP contribution in [0.25, 0.3) is 10.9 Å². The second kappa shape index (κ2) is 3.63. The Morgan fingerprint density at radius 2 is 2.12 bits per heavy atom. The lowest BCUT2D eigenvalue weighted by molar-refractivity contribution is 0.506. The van der Waals surface area contributed by atoms with Crippen LogP contribution in [0.4, 0.5) is 0 Å². The molecule has 1 saturated heterocycles. The third-order valence-electron chi connectivity index (χ3n) is 3.80. The number of benzene rings is 1. The SMILES string of the molecule is C[C@H]1CCN[C@@H]1c1cn(C)c2ccccc12. The van der Waals surface area contributed by atoms with Crippen molar-refractivity contribution in [2.75, 3.05) is 6.54 Å². The van der Waals surface area contributed by atoms with E-state index in [-0.39, 0.29) is 0 Å². The summed E-state index contributed by atoms with van der Waals surface area (Å²) in [5.74, 6) is 0.741. The average Bonchev–Trinajstić information content (AvgIpc) is 2.84. The van der Waals surface area contributed by atoms with Gasteiger partial charge < -0.3 is 9.88 Å². The quantitative estimate of drug-likeness (QED) is 0.772. The summed E-state index contributed by atoms with van der Waals surface area (Å²) in [7, 11) is 2.13. The van der Waals surface area contributed by atoms with E-state index in [2.05, 4.69) is 54.3 Å². The van der Waals surface area contributed by atoms with E-state index in [1.807, 2.05) is 0 Å². The van der Waals surface area contributed by atoms with Gasteiger partial charge in [-0.15, -0.1) is 0 Å². The summed E-state index contributed by atoms with van der Waals surface area (Å²) in [6, 6.07) is 9.20. The van der Waals surface area contributed by atoms with Gasteiger partial charge in [-0.1, -0.05) is 25.1 Å². The zero-order valence-electron chi connectivity index (χ0n) is 9.90. The highest BCUT2D eigenvalue weighted by molar-refractivity contribution is 5.84. The van der Waals surface area contributed by atoms with Gasteiger partial charge in [-0.3, -0.25) is 0 Å². The van der Waals surface area contributed by atoms with Gasteiger partial charge >= 0.3 is 0 Å². The number of nitrogens with zero attached hydrogens (tertiary/aromatic N) is 1. The topological polar surface area (TPSA) is 17.0 Å². The Bertz CT molecular complexity index is 512. The number of para-hydroxylation sites is 1. The van der Waals surface area contributed by atoms with Gasteiger partial charge in [0.25, 0.3) is 0 Å². The lowest BCUT2D eigenvalue weighted by Gasteiger charge is -2.14. The van der Waals surface area contributed by atoms with E-state index >= 15 is 0 Å². The third kappa shape index (κ3) is 1.37. The van der Waals surface area contributed by atoms with Gasteiger partial charge in [0.05, 0.1) is 0 Å². The van der Waals surface area contributed by atoms with Gasteiger partial charge in [0.1, 0.15) is 0 Å². The van der Waals surface area contributed by atoms with Crippen molar-refractivity contribution in [1.82, 2.24) is 9.88 Å². The minimum atomic E-state index is 0.533. The molecule has 1 aliphatic heterocycles. The lowest BCUT2D eigenvalue weighted by atomic mass is 9.96. The molecular formula is C14H18N2. The number of aryl methyl sites for hydroxylation is 1. The molecule has 2 heterocycles. The summed E-state index contributed by atoms with van der Waals surface area (Å²) >= 11 is 0. The molecule has 1 aliphatic rings. The molecule has 1 aromatic heterocycles. The first-order valence-electron chi connectivity index (χ1n) is 6.04. The van der Waals surface area contributed by atoms with E-state index in [4.69, 9.17) is 0 Å². The molecule has 3 rings (SSSR count). The summed E-state index contributed by atoms with van der Waals surface area (Å²) in [6.45, 7) is 3.49. The van der Waals surface area contributed by atoms with Crippen molar-refractivity contribution < 1.29 is 0 Å². The van der Waals surface area contributed by atoms with E-state index < -0.39 is 0 Å². The molecule has 0 unspecified atom stereocenters. The van der Waals surface area contributed by atoms with Crippen molar-refractivity contribution >= 4 is 10.9 Å². The van der Waals surface area contributed by atoms with Crippen molar-refractivity contribution in [2.24, 2.45) is 13.0 Å². The molecule has 2 aromatic rings. The molecule has 1 N–H and O–H groups in total. The van der Waals surface area contributed by atoms with Gasteiger partial charge in [0.2, 0.25) is 0 Å². The number of hydrogen-bond donors (Lipinski definition) is 1. The molecule has 1 aromatic carbocycles. The van der Waals surface area contributed by atoms with Gasteiger partial charge in [-0.25, -0.2) is 0 Å². The normalized spacial score (nSPS) is 25.4. The maximum Gasteiger partial charge on any atom is 0.0481 e. The first-order chi connectivity index (χ1) is 7.77. The van der Waals surface area contributed by atoms with Crippen molar-refractivity contribution in [3.05, 3.63) is 36.0 Å². The van der Waals surface area contributed by atoms with Crippen molar-refractivity contribution in [2.45, 2.75) is 19.4 Å². The second-order valence-corrected chi connectivity index (χ2v) is 4.91. The number of aromatic nitrogens is 1. The Morgan fingerprint density at radius 1 is 1.31 bits per heavy atom. The van der Waals surface area contributed by atoms with Crippen LogP contribution in [0.5, 0.6) is 0 Å². The maximum atomic E-state index is 3.61. The number of rotatable bonds is 1. The van der Waals surface area contributed by atoms with Crippen LogP contribution in [0.3, 0.4) is 0 Å². The Morgan fingerprint density at radius 3 is 2.88 bits per heavy atom. The minimum Gasteiger partial charge on any atom is -0.350 e. The van der Waals surface area contributed by atoms with E-state index in [1.165, 1.54) is 22.9 Å². The van der Waals surface area contributed by atoms with Crippen LogP contribution in [-0.2, 0) is 7.05 Å². The average molecular weight is 214 g/mol. The van der Waals surface area contributed by atoms with Crippen LogP contribution in [0.15, 0.2) is 30.5 Å². The molecule has 1 fully saturated rings. The largest absolute Gasteiger partial charge is 0.350 e. The first-order valence-corrected chi connectivity index (χ1v) is 6.04. The van der Waals surface area contributed by atoms with Gasteiger partial charge in [-0.2, -0.15) is 0 Å². The maximum absolute atomic E-state index is 3.61. The zero-order valence-corrected chi connectivity index (χ0v) is 9.90. The molecule has 84 valence electrons. The fourth-order valence-electron chi connectivity index (χ4n) is 2.87. The van der Waals surface area contributed by atoms with Crippen LogP contribution in [-0.4, -0.2) is 11.1 Å². The molecule has 0 spiro atoms. The summed E-state index contributed by atoms with van der Waals surface area (Å²) in [5.41, 5.74) is 2.79. The summed E-state index contributed by atoms with van der Waals surface area (Å²) < 4.78 is 2.23. The molecule has 2 heteroatoms. The molecule has 2 nitrogen and oxygen atoms in total. The van der Waals surface area contributed by atoms with Gasteiger partial charge in [-0.05, 0) is 30.5 Å². The van der Waals surface area contributed by atoms with Crippen LogP contribution in [0, 0.1) is 5.92 Å². The number of hydrogen-bond acceptors (Lipinski definition) is 1. The van der Waals surface area contributed by atoms with E-state index in [0.29, 0.717) is 6.04 Å². The highest BCUT2D eigenvalue weighted by Gasteiger charge is 2.26. The fraction of sp³-hybridized carbons (Fsp3) is 0.429. The molecular weight excluding hydrogens is 196 g/mol. The minimum absolute atomic E-state index is 0.533. The Hall–Kier alpha value is -1.28. The smallest absolute Gasteiger partial charge is 0.0481 e. The highest BCUT2D eigenvalue weighted by Crippen LogP contribution is 2.34. The molecule has 2 atom stereocenters. The molecule has 0 aliphatic carbocycles. The molecule has 0 bridgehead atoms. The molecule has 0 radical (unpaired) electrons. The lowest BCUT2D eigenvalue weighted by Crippen LogP contribution is -2.16. The van der Waals surface area contributed by atoms with Crippen molar-refractivity contribution in [1.29, 1.82) is 0 Å². The van der Waals surface area contributed by atoms with Crippen LogP contribution < -0.4 is 5.32 Å². The first kappa shape index (κ1) is 9.91. The molecule has 0 saturated carbocycles. The van der Waals surface area contributed by atoms with E-state index in [9.17, 15) is 0 Å². The van der Waals surface area contributed by atoms with E-state index in [0.717, 1.165) is 12.5 Å². The van der Waals surface area contributed by atoms with Crippen molar-refractivity contribution in [3.63, 3.8) is 0 Å². The number of nitrogens with one attached hydrogen (secondary N) is 1. The highest BCUT2D eigenvalue weighted by atomic mass is 15.0. The predicted molar refractivity (Wildman–Crippen MR) is 67.4 cm³/mol. The summed E-state index contributed by atoms with van der Waals surface area (Å²) in [4.78, 5) is 0. The number of fused-ring (bicyclic) bond motifs is 1. The van der Waals surface area contributed by atoms with E-state index in [1.54, 1.807) is 0 Å². The third-order valence-corrected chi connectivity index (χ3v) is 3.80. The molecule has 16 heavy (non-hydrogen) atoms. The fourth-order valence-corrected chi connectivity index (χ4v) is 2.87. The predicted octanol–water partition coefficient (Wildman–Crippen LogP) is 2.85. The summed E-state index contributed by atoms with van der Waals surface area (Å²) in [5, 5.41) is 5.01. The van der Waals surface area contributed by atoms with Gasteiger partial charge in [0, 0.05) is 30.2 Å². The second-order valence-electron chi connectivity index (χ2n) is 4.91. The standard InChI is InChI=1S/C14H18N2/c1-10-7-8-15-14(10)12-9-16(2)13-6-4-3-5-11(12)13/h3-6,9-10,14-15H,7-8H2,1-2H3/t10-,14-/m0/s1. The van der Waals surface area contributed by atoms with Gasteiger partial charge in [0.15, 0.2) is 0 Å². The van der Waals surface area contributed by atoms with Crippen molar-refractivity contribution in [3.8, 4) is 0 Å². The zero-order chi connectivity index (χ0) is 11.1. The Balaban J connectivity index is 2.16. The Labute approximate surface area is 96.3 Å².